The van der Waals surface area contributed by atoms with Crippen LogP contribution in [0.2, 0.25) is 0 Å². The lowest BCUT2D eigenvalue weighted by Crippen LogP contribution is -2.02. The lowest BCUT2D eigenvalue weighted by molar-refractivity contribution is 0.779. The zero-order valence-electron chi connectivity index (χ0n) is 9.52. The first-order valence-corrected chi connectivity index (χ1v) is 5.04. The third-order valence-electron chi connectivity index (χ3n) is 2.80. The van der Waals surface area contributed by atoms with Crippen molar-refractivity contribution in [3.8, 4) is 11.8 Å². The number of nitrogens with zero attached hydrogens (tertiary/aromatic N) is 4. The van der Waals surface area contributed by atoms with Gasteiger partial charge in [0.1, 0.15) is 6.07 Å². The summed E-state index contributed by atoms with van der Waals surface area (Å²) < 4.78 is 1.71. The van der Waals surface area contributed by atoms with Crippen LogP contribution in [0.3, 0.4) is 0 Å². The van der Waals surface area contributed by atoms with Crippen molar-refractivity contribution in [2.75, 3.05) is 0 Å². The Labute approximate surface area is 94.1 Å². The highest BCUT2D eigenvalue weighted by Gasteiger charge is 2.11. The van der Waals surface area contributed by atoms with Gasteiger partial charge in [-0.1, -0.05) is 17.3 Å². The summed E-state index contributed by atoms with van der Waals surface area (Å²) in [6.07, 6.45) is 0. The van der Waals surface area contributed by atoms with E-state index in [1.165, 1.54) is 5.56 Å². The van der Waals surface area contributed by atoms with Crippen LogP contribution in [0.4, 0.5) is 0 Å². The van der Waals surface area contributed by atoms with Gasteiger partial charge in [0.05, 0.1) is 11.4 Å². The molecule has 0 saturated carbocycles. The molecule has 4 nitrogen and oxygen atoms in total. The minimum atomic E-state index is 0.376. The second-order valence-electron chi connectivity index (χ2n) is 3.77. The number of aryl methyl sites for hydroxylation is 1. The highest BCUT2D eigenvalue weighted by atomic mass is 15.4. The van der Waals surface area contributed by atoms with Gasteiger partial charge in [-0.2, -0.15) is 5.26 Å². The molecule has 0 aliphatic carbocycles. The molecule has 0 bridgehead atoms. The molecule has 0 atom stereocenters. The fourth-order valence-corrected chi connectivity index (χ4v) is 1.63. The highest BCUT2D eigenvalue weighted by Crippen LogP contribution is 2.18. The van der Waals surface area contributed by atoms with Crippen LogP contribution in [-0.4, -0.2) is 15.0 Å². The summed E-state index contributed by atoms with van der Waals surface area (Å²) in [7, 11) is 0. The SMILES string of the molecule is Cc1cccc(-n2nnc(C#N)c2C)c1C. The molecule has 80 valence electrons. The Kier molecular flexibility index (Phi) is 2.45. The van der Waals surface area contributed by atoms with Crippen LogP contribution < -0.4 is 0 Å². The monoisotopic (exact) mass is 212 g/mol. The van der Waals surface area contributed by atoms with E-state index in [0.29, 0.717) is 5.69 Å². The predicted octanol–water partition coefficient (Wildman–Crippen LogP) is 2.06. The van der Waals surface area contributed by atoms with E-state index < -0.39 is 0 Å². The van der Waals surface area contributed by atoms with E-state index in [0.717, 1.165) is 16.9 Å². The molecule has 1 aromatic heterocycles. The van der Waals surface area contributed by atoms with Crippen LogP contribution in [0.1, 0.15) is 22.5 Å². The van der Waals surface area contributed by atoms with Crippen molar-refractivity contribution in [3.63, 3.8) is 0 Å². The second kappa shape index (κ2) is 3.78. The molecule has 2 rings (SSSR count). The van der Waals surface area contributed by atoms with Crippen LogP contribution in [0.5, 0.6) is 0 Å². The number of aromatic nitrogens is 3. The van der Waals surface area contributed by atoms with Gasteiger partial charge in [-0.15, -0.1) is 5.10 Å². The highest BCUT2D eigenvalue weighted by molar-refractivity contribution is 5.45. The summed E-state index contributed by atoms with van der Waals surface area (Å²) in [4.78, 5) is 0. The van der Waals surface area contributed by atoms with E-state index >= 15 is 0 Å². The second-order valence-corrected chi connectivity index (χ2v) is 3.77. The topological polar surface area (TPSA) is 54.5 Å². The summed E-state index contributed by atoms with van der Waals surface area (Å²) in [6.45, 7) is 5.94. The van der Waals surface area contributed by atoms with Crippen LogP contribution in [0.15, 0.2) is 18.2 Å². The van der Waals surface area contributed by atoms with Crippen LogP contribution in [0.25, 0.3) is 5.69 Å². The lowest BCUT2D eigenvalue weighted by Gasteiger charge is -2.08. The van der Waals surface area contributed by atoms with E-state index in [9.17, 15) is 0 Å². The van der Waals surface area contributed by atoms with Gasteiger partial charge in [0.25, 0.3) is 0 Å². The molecule has 1 aromatic carbocycles. The number of hydrogen-bond acceptors (Lipinski definition) is 3. The summed E-state index contributed by atoms with van der Waals surface area (Å²) in [6, 6.07) is 8.03. The first-order valence-electron chi connectivity index (χ1n) is 5.04. The molecule has 2 aromatic rings. The summed E-state index contributed by atoms with van der Waals surface area (Å²) in [5, 5.41) is 16.7. The van der Waals surface area contributed by atoms with Crippen molar-refractivity contribution in [3.05, 3.63) is 40.7 Å². The van der Waals surface area contributed by atoms with Crippen molar-refractivity contribution in [1.29, 1.82) is 5.26 Å². The fourth-order valence-electron chi connectivity index (χ4n) is 1.63. The van der Waals surface area contributed by atoms with Crippen molar-refractivity contribution in [2.24, 2.45) is 0 Å². The van der Waals surface area contributed by atoms with Gasteiger partial charge in [0.15, 0.2) is 5.69 Å². The predicted molar refractivity (Wildman–Crippen MR) is 60.3 cm³/mol. The van der Waals surface area contributed by atoms with E-state index in [4.69, 9.17) is 5.26 Å². The molecule has 1 heterocycles. The Morgan fingerprint density at radius 2 is 2.00 bits per heavy atom. The first kappa shape index (κ1) is 10.4. The molecule has 0 fully saturated rings. The normalized spacial score (nSPS) is 10.1. The molecular weight excluding hydrogens is 200 g/mol. The van der Waals surface area contributed by atoms with E-state index in [1.807, 2.05) is 32.0 Å². The molecule has 0 unspecified atom stereocenters. The van der Waals surface area contributed by atoms with Crippen LogP contribution in [-0.2, 0) is 0 Å². The molecule has 0 saturated heterocycles. The van der Waals surface area contributed by atoms with Gasteiger partial charge >= 0.3 is 0 Å². The molecule has 0 aliphatic heterocycles. The van der Waals surface area contributed by atoms with Crippen molar-refractivity contribution >= 4 is 0 Å². The number of rotatable bonds is 1. The molecule has 16 heavy (non-hydrogen) atoms. The lowest BCUT2D eigenvalue weighted by atomic mass is 10.1. The van der Waals surface area contributed by atoms with E-state index in [1.54, 1.807) is 4.68 Å². The summed E-state index contributed by atoms with van der Waals surface area (Å²) >= 11 is 0. The number of benzene rings is 1. The third-order valence-corrected chi connectivity index (χ3v) is 2.80. The molecule has 0 aliphatic rings. The van der Waals surface area contributed by atoms with Gasteiger partial charge in [0.2, 0.25) is 0 Å². The van der Waals surface area contributed by atoms with Gasteiger partial charge < -0.3 is 0 Å². The maximum absolute atomic E-state index is 8.84. The Hall–Kier alpha value is -2.15. The van der Waals surface area contributed by atoms with Crippen molar-refractivity contribution < 1.29 is 0 Å². The van der Waals surface area contributed by atoms with E-state index in [2.05, 4.69) is 23.3 Å². The Balaban J connectivity index is 2.64. The van der Waals surface area contributed by atoms with Gasteiger partial charge in [-0.25, -0.2) is 4.68 Å². The molecule has 4 heteroatoms. The summed E-state index contributed by atoms with van der Waals surface area (Å²) in [5.74, 6) is 0. The zero-order chi connectivity index (χ0) is 11.7. The number of hydrogen-bond donors (Lipinski definition) is 0. The fraction of sp³-hybridized carbons (Fsp3) is 0.250. The molecule has 0 N–H and O–H groups in total. The molecule has 0 radical (unpaired) electrons. The molecular formula is C12H12N4. The molecule has 0 amide bonds. The largest absolute Gasteiger partial charge is 0.216 e. The molecule has 0 spiro atoms. The van der Waals surface area contributed by atoms with Crippen LogP contribution in [0, 0.1) is 32.1 Å². The van der Waals surface area contributed by atoms with Crippen molar-refractivity contribution in [2.45, 2.75) is 20.8 Å². The Morgan fingerprint density at radius 1 is 1.25 bits per heavy atom. The minimum Gasteiger partial charge on any atom is -0.216 e. The average Bonchev–Trinajstić information content (AvgIpc) is 2.64. The van der Waals surface area contributed by atoms with Gasteiger partial charge in [-0.05, 0) is 38.0 Å². The summed E-state index contributed by atoms with van der Waals surface area (Å²) in [5.41, 5.74) is 4.48. The smallest absolute Gasteiger partial charge is 0.186 e. The first-order chi connectivity index (χ1) is 7.65. The quantitative estimate of drug-likeness (QED) is 0.727. The Bertz CT molecular complexity index is 575. The minimum absolute atomic E-state index is 0.376. The zero-order valence-corrected chi connectivity index (χ0v) is 9.52. The van der Waals surface area contributed by atoms with Gasteiger partial charge in [-0.3, -0.25) is 0 Å². The van der Waals surface area contributed by atoms with Gasteiger partial charge in [0, 0.05) is 0 Å². The average molecular weight is 212 g/mol. The maximum Gasteiger partial charge on any atom is 0.186 e. The standard InChI is InChI=1S/C12H12N4/c1-8-5-4-6-12(9(8)2)16-10(3)11(7-13)14-15-16/h4-6H,1-3H3. The maximum atomic E-state index is 8.84. The number of nitriles is 1. The Morgan fingerprint density at radius 3 is 2.62 bits per heavy atom. The van der Waals surface area contributed by atoms with Crippen LogP contribution >= 0.6 is 0 Å². The van der Waals surface area contributed by atoms with Crippen molar-refractivity contribution in [1.82, 2.24) is 15.0 Å². The van der Waals surface area contributed by atoms with E-state index in [-0.39, 0.29) is 0 Å². The third kappa shape index (κ3) is 1.47.